The predicted octanol–water partition coefficient (Wildman–Crippen LogP) is 4.99. The van der Waals surface area contributed by atoms with Crippen LogP contribution in [-0.2, 0) is 24.4 Å². The van der Waals surface area contributed by atoms with Gasteiger partial charge in [-0.05, 0) is 60.3 Å². The summed E-state index contributed by atoms with van der Waals surface area (Å²) in [6.45, 7) is 4.43. The molecule has 0 spiro atoms. The largest absolute Gasteiger partial charge is 0.348 e. The number of carbonyl (C=O) groups excluding carboxylic acids is 2. The maximum Gasteiger partial charge on any atom is 0.251 e. The van der Waals surface area contributed by atoms with Gasteiger partial charge in [0.05, 0.1) is 5.75 Å². The molecule has 2 aliphatic rings. The third-order valence-corrected chi connectivity index (χ3v) is 7.93. The maximum atomic E-state index is 12.8. The molecule has 3 aromatic carbocycles. The van der Waals surface area contributed by atoms with Crippen molar-refractivity contribution in [3.05, 3.63) is 107 Å². The Morgan fingerprint density at radius 2 is 1.57 bits per heavy atom. The first-order valence-electron chi connectivity index (χ1n) is 12.3. The zero-order valence-corrected chi connectivity index (χ0v) is 20.7. The zero-order valence-electron chi connectivity index (χ0n) is 19.9. The average Bonchev–Trinajstić information content (AvgIpc) is 3.53. The third kappa shape index (κ3) is 5.95. The molecule has 2 heterocycles. The van der Waals surface area contributed by atoms with Crippen molar-refractivity contribution in [2.24, 2.45) is 0 Å². The van der Waals surface area contributed by atoms with Crippen molar-refractivity contribution in [2.45, 2.75) is 37.8 Å². The Hall–Kier alpha value is -3.09. The van der Waals surface area contributed by atoms with Crippen LogP contribution in [0.5, 0.6) is 0 Å². The van der Waals surface area contributed by atoms with Gasteiger partial charge in [-0.1, -0.05) is 66.7 Å². The topological polar surface area (TPSA) is 52.7 Å². The lowest BCUT2D eigenvalue weighted by molar-refractivity contribution is -0.128. The number of hydrogen-bond acceptors (Lipinski definition) is 4. The Morgan fingerprint density at radius 3 is 2.34 bits per heavy atom. The van der Waals surface area contributed by atoms with Crippen molar-refractivity contribution in [2.75, 3.05) is 18.8 Å². The van der Waals surface area contributed by atoms with Crippen LogP contribution >= 0.6 is 11.8 Å². The fourth-order valence-corrected chi connectivity index (χ4v) is 5.99. The number of nitrogens with one attached hydrogen (secondary N) is 1. The first kappa shape index (κ1) is 23.6. The average molecular weight is 486 g/mol. The minimum absolute atomic E-state index is 0.0295. The Morgan fingerprint density at radius 1 is 0.857 bits per heavy atom. The molecule has 5 rings (SSSR count). The molecule has 1 atom stereocenters. The van der Waals surface area contributed by atoms with Crippen molar-refractivity contribution in [1.82, 2.24) is 15.1 Å². The van der Waals surface area contributed by atoms with E-state index in [1.807, 2.05) is 59.5 Å². The molecule has 1 unspecified atom stereocenters. The van der Waals surface area contributed by atoms with Crippen LogP contribution in [0.25, 0.3) is 0 Å². The fraction of sp³-hybridized carbons (Fsp3) is 0.310. The van der Waals surface area contributed by atoms with Crippen LogP contribution in [0.1, 0.15) is 50.8 Å². The van der Waals surface area contributed by atoms with Crippen LogP contribution < -0.4 is 5.32 Å². The lowest BCUT2D eigenvalue weighted by atomic mass is 10.1. The molecule has 1 N–H and O–H groups in total. The van der Waals surface area contributed by atoms with E-state index in [1.54, 1.807) is 11.8 Å². The molecule has 0 radical (unpaired) electrons. The lowest BCUT2D eigenvalue weighted by Gasteiger charge is -2.24. The van der Waals surface area contributed by atoms with E-state index in [1.165, 1.54) is 31.5 Å². The van der Waals surface area contributed by atoms with Gasteiger partial charge in [-0.2, -0.15) is 0 Å². The molecular weight excluding hydrogens is 454 g/mol. The summed E-state index contributed by atoms with van der Waals surface area (Å²) in [5.41, 5.74) is 5.21. The molecule has 2 fully saturated rings. The molecule has 2 amide bonds. The van der Waals surface area contributed by atoms with Crippen LogP contribution in [0.4, 0.5) is 0 Å². The van der Waals surface area contributed by atoms with Gasteiger partial charge in [-0.25, -0.2) is 0 Å². The van der Waals surface area contributed by atoms with E-state index in [4.69, 9.17) is 0 Å². The van der Waals surface area contributed by atoms with Crippen molar-refractivity contribution in [3.8, 4) is 0 Å². The SMILES string of the molecule is O=C(NCc1cccc(CN2CCCC2)c1)c1ccc(C2SCC(=O)N2Cc2ccccc2)cc1. The highest BCUT2D eigenvalue weighted by Gasteiger charge is 2.32. The first-order chi connectivity index (χ1) is 17.2. The van der Waals surface area contributed by atoms with Crippen molar-refractivity contribution in [1.29, 1.82) is 0 Å². The quantitative estimate of drug-likeness (QED) is 0.489. The third-order valence-electron chi connectivity index (χ3n) is 6.67. The van der Waals surface area contributed by atoms with E-state index in [0.29, 0.717) is 24.4 Å². The molecule has 5 nitrogen and oxygen atoms in total. The number of thioether (sulfide) groups is 1. The number of nitrogens with zero attached hydrogens (tertiary/aromatic N) is 2. The first-order valence-corrected chi connectivity index (χ1v) is 13.3. The molecule has 2 saturated heterocycles. The van der Waals surface area contributed by atoms with E-state index in [0.717, 1.165) is 23.2 Å². The predicted molar refractivity (Wildman–Crippen MR) is 141 cm³/mol. The van der Waals surface area contributed by atoms with Gasteiger partial charge in [0.15, 0.2) is 0 Å². The Labute approximate surface area is 211 Å². The zero-order chi connectivity index (χ0) is 24.0. The van der Waals surface area contributed by atoms with E-state index in [9.17, 15) is 9.59 Å². The number of amides is 2. The van der Waals surface area contributed by atoms with Crippen LogP contribution in [0.2, 0.25) is 0 Å². The van der Waals surface area contributed by atoms with E-state index < -0.39 is 0 Å². The standard InChI is InChI=1S/C29H31N3O2S/c33-27-21-35-29(32(27)20-22-7-2-1-3-8-22)26-13-11-25(12-14-26)28(34)30-18-23-9-6-10-24(17-23)19-31-15-4-5-16-31/h1-3,6-14,17,29H,4-5,15-16,18-21H2,(H,30,34). The summed E-state index contributed by atoms with van der Waals surface area (Å²) in [6.07, 6.45) is 2.57. The van der Waals surface area contributed by atoms with Gasteiger partial charge in [0.1, 0.15) is 5.37 Å². The van der Waals surface area contributed by atoms with Crippen LogP contribution in [0.15, 0.2) is 78.9 Å². The molecule has 0 aromatic heterocycles. The highest BCUT2D eigenvalue weighted by atomic mass is 32.2. The van der Waals surface area contributed by atoms with Gasteiger partial charge in [0.25, 0.3) is 5.91 Å². The van der Waals surface area contributed by atoms with Crippen molar-refractivity contribution in [3.63, 3.8) is 0 Å². The van der Waals surface area contributed by atoms with E-state index >= 15 is 0 Å². The summed E-state index contributed by atoms with van der Waals surface area (Å²) in [6, 6.07) is 26.2. The highest BCUT2D eigenvalue weighted by molar-refractivity contribution is 8.00. The van der Waals surface area contributed by atoms with Gasteiger partial charge in [0, 0.05) is 25.2 Å². The molecule has 2 aliphatic heterocycles. The van der Waals surface area contributed by atoms with Crippen molar-refractivity contribution >= 4 is 23.6 Å². The van der Waals surface area contributed by atoms with Crippen LogP contribution in [-0.4, -0.2) is 40.5 Å². The molecule has 35 heavy (non-hydrogen) atoms. The fourth-order valence-electron chi connectivity index (χ4n) is 4.80. The van der Waals surface area contributed by atoms with Gasteiger partial charge in [0.2, 0.25) is 5.91 Å². The summed E-state index contributed by atoms with van der Waals surface area (Å²) < 4.78 is 0. The Kier molecular flexibility index (Phi) is 7.50. The normalized spacial score (nSPS) is 18.2. The smallest absolute Gasteiger partial charge is 0.251 e. The van der Waals surface area contributed by atoms with Gasteiger partial charge in [-0.15, -0.1) is 11.8 Å². The van der Waals surface area contributed by atoms with E-state index in [2.05, 4.69) is 34.5 Å². The van der Waals surface area contributed by atoms with Crippen LogP contribution in [0.3, 0.4) is 0 Å². The molecule has 0 saturated carbocycles. The lowest BCUT2D eigenvalue weighted by Crippen LogP contribution is -2.27. The van der Waals surface area contributed by atoms with E-state index in [-0.39, 0.29) is 17.2 Å². The molecule has 3 aromatic rings. The number of carbonyl (C=O) groups is 2. The highest BCUT2D eigenvalue weighted by Crippen LogP contribution is 2.39. The molecule has 0 aliphatic carbocycles. The summed E-state index contributed by atoms with van der Waals surface area (Å²) in [5.74, 6) is 0.548. The summed E-state index contributed by atoms with van der Waals surface area (Å²) in [5, 5.41) is 3.02. The minimum atomic E-state index is -0.0854. The second kappa shape index (κ2) is 11.1. The number of hydrogen-bond donors (Lipinski definition) is 1. The number of benzene rings is 3. The Balaban J connectivity index is 1.18. The van der Waals surface area contributed by atoms with Gasteiger partial charge < -0.3 is 10.2 Å². The number of rotatable bonds is 8. The minimum Gasteiger partial charge on any atom is -0.348 e. The van der Waals surface area contributed by atoms with Gasteiger partial charge >= 0.3 is 0 Å². The number of likely N-dealkylation sites (tertiary alicyclic amines) is 1. The second-order valence-electron chi connectivity index (χ2n) is 9.28. The molecular formula is C29H31N3O2S. The molecule has 6 heteroatoms. The van der Waals surface area contributed by atoms with Crippen LogP contribution in [0, 0.1) is 0 Å². The summed E-state index contributed by atoms with van der Waals surface area (Å²) in [4.78, 5) is 29.7. The molecule has 180 valence electrons. The summed E-state index contributed by atoms with van der Waals surface area (Å²) >= 11 is 1.64. The van der Waals surface area contributed by atoms with Crippen molar-refractivity contribution < 1.29 is 9.59 Å². The van der Waals surface area contributed by atoms with Gasteiger partial charge in [-0.3, -0.25) is 14.5 Å². The summed E-state index contributed by atoms with van der Waals surface area (Å²) in [7, 11) is 0. The Bertz CT molecular complexity index is 1160. The molecule has 0 bridgehead atoms. The second-order valence-corrected chi connectivity index (χ2v) is 10.3. The maximum absolute atomic E-state index is 12.8. The monoisotopic (exact) mass is 485 g/mol.